The summed E-state index contributed by atoms with van der Waals surface area (Å²) in [6.07, 6.45) is 0.288. The van der Waals surface area contributed by atoms with Gasteiger partial charge in [-0.15, -0.1) is 0 Å². The Morgan fingerprint density at radius 3 is 2.79 bits per heavy atom. The van der Waals surface area contributed by atoms with Crippen molar-refractivity contribution in [3.8, 4) is 5.75 Å². The van der Waals surface area contributed by atoms with Gasteiger partial charge in [0.1, 0.15) is 0 Å². The second-order valence-corrected chi connectivity index (χ2v) is 3.31. The summed E-state index contributed by atoms with van der Waals surface area (Å²) in [5.74, 6) is -0.182. The lowest BCUT2D eigenvalue weighted by atomic mass is 10.2. The van der Waals surface area contributed by atoms with E-state index in [1.54, 1.807) is 12.1 Å². The molecule has 0 aliphatic heterocycles. The van der Waals surface area contributed by atoms with Gasteiger partial charge in [-0.05, 0) is 6.07 Å². The first-order valence-corrected chi connectivity index (χ1v) is 5.44. The number of hydrogen-bond donors (Lipinski definition) is 0. The van der Waals surface area contributed by atoms with E-state index in [0.29, 0.717) is 5.33 Å². The van der Waals surface area contributed by atoms with Crippen molar-refractivity contribution < 1.29 is 13.5 Å². The highest BCUT2D eigenvalue weighted by atomic mass is 79.9. The van der Waals surface area contributed by atoms with E-state index in [1.807, 2.05) is 0 Å². The van der Waals surface area contributed by atoms with Crippen molar-refractivity contribution in [3.05, 3.63) is 29.6 Å². The van der Waals surface area contributed by atoms with Gasteiger partial charge in [0.15, 0.2) is 11.6 Å². The Kier molecular flexibility index (Phi) is 4.87. The Morgan fingerprint density at radius 2 is 2.14 bits per heavy atom. The van der Waals surface area contributed by atoms with Gasteiger partial charge in [0.2, 0.25) is 0 Å². The van der Waals surface area contributed by atoms with Crippen LogP contribution in [0, 0.1) is 5.82 Å². The van der Waals surface area contributed by atoms with Crippen LogP contribution in [0.1, 0.15) is 12.0 Å². The minimum atomic E-state index is -0.446. The van der Waals surface area contributed by atoms with Crippen molar-refractivity contribution in [3.63, 3.8) is 0 Å². The fourth-order valence-corrected chi connectivity index (χ4v) is 1.49. The molecule has 0 saturated carbocycles. The van der Waals surface area contributed by atoms with E-state index < -0.39 is 12.5 Å². The number of ether oxygens (including phenoxy) is 1. The molecule has 0 aliphatic rings. The van der Waals surface area contributed by atoms with E-state index in [1.165, 1.54) is 6.07 Å². The largest absolute Gasteiger partial charge is 0.490 e. The lowest BCUT2D eigenvalue weighted by Gasteiger charge is -2.09. The summed E-state index contributed by atoms with van der Waals surface area (Å²) >= 11 is 3.23. The van der Waals surface area contributed by atoms with Crippen LogP contribution >= 0.6 is 15.9 Å². The molecular formula is C10H11BrF2O. The number of benzene rings is 1. The van der Waals surface area contributed by atoms with Crippen molar-refractivity contribution in [2.24, 2.45) is 0 Å². The van der Waals surface area contributed by atoms with Crippen LogP contribution in [0.15, 0.2) is 18.2 Å². The standard InChI is InChI=1S/C10H11BrF2O/c11-7-8-3-1-4-9(13)10(8)14-6-2-5-12/h1,3-4H,2,5-7H2. The second-order valence-electron chi connectivity index (χ2n) is 2.75. The maximum Gasteiger partial charge on any atom is 0.165 e. The molecule has 0 radical (unpaired) electrons. The van der Waals surface area contributed by atoms with Gasteiger partial charge in [-0.25, -0.2) is 4.39 Å². The first-order chi connectivity index (χ1) is 6.79. The quantitative estimate of drug-likeness (QED) is 0.585. The molecule has 0 heterocycles. The normalized spacial score (nSPS) is 10.2. The summed E-state index contributed by atoms with van der Waals surface area (Å²) in [7, 11) is 0. The highest BCUT2D eigenvalue weighted by Gasteiger charge is 2.08. The molecule has 1 rings (SSSR count). The molecule has 0 aliphatic carbocycles. The predicted octanol–water partition coefficient (Wildman–Crippen LogP) is 3.46. The molecule has 4 heteroatoms. The maximum absolute atomic E-state index is 13.2. The fraction of sp³-hybridized carbons (Fsp3) is 0.400. The molecule has 0 amide bonds. The maximum atomic E-state index is 13.2. The van der Waals surface area contributed by atoms with Gasteiger partial charge in [-0.3, -0.25) is 4.39 Å². The van der Waals surface area contributed by atoms with Crippen LogP contribution in [0.2, 0.25) is 0 Å². The van der Waals surface area contributed by atoms with Crippen LogP contribution in [0.3, 0.4) is 0 Å². The van der Waals surface area contributed by atoms with E-state index in [0.717, 1.165) is 5.56 Å². The Bertz CT molecular complexity index is 291. The van der Waals surface area contributed by atoms with Gasteiger partial charge < -0.3 is 4.74 Å². The van der Waals surface area contributed by atoms with E-state index in [-0.39, 0.29) is 18.8 Å². The zero-order chi connectivity index (χ0) is 10.4. The van der Waals surface area contributed by atoms with Crippen LogP contribution in [0.25, 0.3) is 0 Å². The summed E-state index contributed by atoms with van der Waals surface area (Å²) in [6.45, 7) is -0.241. The summed E-state index contributed by atoms with van der Waals surface area (Å²) in [4.78, 5) is 0. The van der Waals surface area contributed by atoms with Crippen molar-refractivity contribution in [1.29, 1.82) is 0 Å². The van der Waals surface area contributed by atoms with Crippen LogP contribution in [0.4, 0.5) is 8.78 Å². The monoisotopic (exact) mass is 264 g/mol. The molecule has 0 aromatic heterocycles. The lowest BCUT2D eigenvalue weighted by Crippen LogP contribution is -2.02. The molecule has 0 bridgehead atoms. The molecule has 1 aromatic rings. The van der Waals surface area contributed by atoms with Crippen molar-refractivity contribution in [2.45, 2.75) is 11.8 Å². The minimum absolute atomic E-state index is 0.206. The summed E-state index contributed by atoms with van der Waals surface area (Å²) in [5, 5.41) is 0.524. The van der Waals surface area contributed by atoms with E-state index >= 15 is 0 Å². The Morgan fingerprint density at radius 1 is 1.36 bits per heavy atom. The number of para-hydroxylation sites is 1. The van der Waals surface area contributed by atoms with Crippen LogP contribution in [-0.4, -0.2) is 13.3 Å². The zero-order valence-corrected chi connectivity index (χ0v) is 9.19. The summed E-state index contributed by atoms with van der Waals surface area (Å²) in [5.41, 5.74) is 0.740. The number of alkyl halides is 2. The summed E-state index contributed by atoms with van der Waals surface area (Å²) in [6, 6.07) is 4.72. The SMILES string of the molecule is FCCCOc1c(F)cccc1CBr. The Hall–Kier alpha value is -0.640. The molecule has 0 fully saturated rings. The molecule has 0 saturated heterocycles. The average molecular weight is 265 g/mol. The predicted molar refractivity (Wildman–Crippen MR) is 55.1 cm³/mol. The molecule has 14 heavy (non-hydrogen) atoms. The van der Waals surface area contributed by atoms with Gasteiger partial charge in [0.25, 0.3) is 0 Å². The third-order valence-corrected chi connectivity index (χ3v) is 2.32. The van der Waals surface area contributed by atoms with Gasteiger partial charge in [0, 0.05) is 17.3 Å². The lowest BCUT2D eigenvalue weighted by molar-refractivity contribution is 0.275. The Balaban J connectivity index is 2.72. The number of rotatable bonds is 5. The van der Waals surface area contributed by atoms with Crippen molar-refractivity contribution >= 4 is 15.9 Å². The van der Waals surface area contributed by atoms with Gasteiger partial charge >= 0.3 is 0 Å². The van der Waals surface area contributed by atoms with Crippen LogP contribution in [-0.2, 0) is 5.33 Å². The second kappa shape index (κ2) is 5.96. The zero-order valence-electron chi connectivity index (χ0n) is 7.60. The molecule has 0 atom stereocenters. The highest BCUT2D eigenvalue weighted by molar-refractivity contribution is 9.08. The number of hydrogen-bond acceptors (Lipinski definition) is 1. The van der Waals surface area contributed by atoms with Gasteiger partial charge in [-0.1, -0.05) is 28.1 Å². The van der Waals surface area contributed by atoms with Crippen molar-refractivity contribution in [1.82, 2.24) is 0 Å². The smallest absolute Gasteiger partial charge is 0.165 e. The molecule has 0 spiro atoms. The summed E-state index contributed by atoms with van der Waals surface area (Å²) < 4.78 is 30.2. The topological polar surface area (TPSA) is 9.23 Å². The minimum Gasteiger partial charge on any atom is -0.490 e. The molecule has 1 nitrogen and oxygen atoms in total. The number of halogens is 3. The fourth-order valence-electron chi connectivity index (χ4n) is 1.05. The highest BCUT2D eigenvalue weighted by Crippen LogP contribution is 2.24. The van der Waals surface area contributed by atoms with Crippen LogP contribution in [0.5, 0.6) is 5.75 Å². The van der Waals surface area contributed by atoms with Crippen LogP contribution < -0.4 is 4.74 Å². The van der Waals surface area contributed by atoms with Crippen molar-refractivity contribution in [2.75, 3.05) is 13.3 Å². The molecule has 1 aromatic carbocycles. The molecule has 0 N–H and O–H groups in total. The van der Waals surface area contributed by atoms with E-state index in [9.17, 15) is 8.78 Å². The van der Waals surface area contributed by atoms with Gasteiger partial charge in [0.05, 0.1) is 13.3 Å². The molecule has 0 unspecified atom stereocenters. The van der Waals surface area contributed by atoms with E-state index in [2.05, 4.69) is 15.9 Å². The molecular weight excluding hydrogens is 254 g/mol. The average Bonchev–Trinajstić information content (AvgIpc) is 2.20. The van der Waals surface area contributed by atoms with Gasteiger partial charge in [-0.2, -0.15) is 0 Å². The first-order valence-electron chi connectivity index (χ1n) is 4.31. The third kappa shape index (κ3) is 2.94. The third-order valence-electron chi connectivity index (χ3n) is 1.72. The molecule has 78 valence electrons. The van der Waals surface area contributed by atoms with E-state index in [4.69, 9.17) is 4.74 Å². The first kappa shape index (κ1) is 11.4. The Labute approximate surface area is 90.2 Å².